The van der Waals surface area contributed by atoms with Crippen LogP contribution >= 0.6 is 11.5 Å². The summed E-state index contributed by atoms with van der Waals surface area (Å²) >= 11 is 1.25. The summed E-state index contributed by atoms with van der Waals surface area (Å²) in [7, 11) is 0. The van der Waals surface area contributed by atoms with Gasteiger partial charge in [-0.15, -0.1) is 5.10 Å². The number of rotatable bonds is 4. The second kappa shape index (κ2) is 6.88. The standard InChI is InChI=1S/C19H17FN6S/c1-11-4-7-14(8-5-11)21-19-22-18(24-27-19)17-13(3)26(25-23-17)15-9-6-12(2)16(20)10-15/h4-10H,1-3H3,(H,21,22,24). The number of halogens is 1. The largest absolute Gasteiger partial charge is 0.330 e. The van der Waals surface area contributed by atoms with E-state index in [1.54, 1.807) is 17.7 Å². The van der Waals surface area contributed by atoms with Gasteiger partial charge in [0, 0.05) is 17.2 Å². The summed E-state index contributed by atoms with van der Waals surface area (Å²) in [4.78, 5) is 4.50. The average molecular weight is 380 g/mol. The van der Waals surface area contributed by atoms with Gasteiger partial charge in [-0.05, 0) is 50.6 Å². The van der Waals surface area contributed by atoms with Crippen LogP contribution in [-0.4, -0.2) is 24.4 Å². The highest BCUT2D eigenvalue weighted by molar-refractivity contribution is 7.09. The predicted molar refractivity (Wildman–Crippen MR) is 104 cm³/mol. The van der Waals surface area contributed by atoms with E-state index in [-0.39, 0.29) is 5.82 Å². The van der Waals surface area contributed by atoms with Crippen molar-refractivity contribution in [1.29, 1.82) is 0 Å². The first-order valence-corrected chi connectivity index (χ1v) is 9.15. The van der Waals surface area contributed by atoms with Crippen molar-refractivity contribution in [3.05, 3.63) is 65.1 Å². The van der Waals surface area contributed by atoms with Gasteiger partial charge in [-0.2, -0.15) is 9.36 Å². The molecule has 4 rings (SSSR count). The summed E-state index contributed by atoms with van der Waals surface area (Å²) in [6.45, 7) is 5.63. The number of anilines is 2. The van der Waals surface area contributed by atoms with E-state index in [0.717, 1.165) is 11.4 Å². The molecule has 0 atom stereocenters. The molecule has 0 spiro atoms. The highest BCUT2D eigenvalue weighted by Crippen LogP contribution is 2.26. The van der Waals surface area contributed by atoms with Crippen molar-refractivity contribution in [2.45, 2.75) is 20.8 Å². The monoisotopic (exact) mass is 380 g/mol. The number of aromatic nitrogens is 5. The maximum atomic E-state index is 13.9. The van der Waals surface area contributed by atoms with Crippen molar-refractivity contribution in [2.75, 3.05) is 5.32 Å². The van der Waals surface area contributed by atoms with Crippen LogP contribution in [0.2, 0.25) is 0 Å². The maximum absolute atomic E-state index is 13.9. The van der Waals surface area contributed by atoms with Crippen molar-refractivity contribution >= 4 is 22.4 Å². The third-order valence-electron chi connectivity index (χ3n) is 4.24. The van der Waals surface area contributed by atoms with E-state index >= 15 is 0 Å². The van der Waals surface area contributed by atoms with Crippen LogP contribution in [0.4, 0.5) is 15.2 Å². The first kappa shape index (κ1) is 17.3. The summed E-state index contributed by atoms with van der Waals surface area (Å²) in [6.07, 6.45) is 0. The molecular formula is C19H17FN6S. The number of hydrogen-bond acceptors (Lipinski definition) is 6. The number of hydrogen-bond donors (Lipinski definition) is 1. The molecule has 0 amide bonds. The fourth-order valence-corrected chi connectivity index (χ4v) is 3.22. The molecule has 27 heavy (non-hydrogen) atoms. The van der Waals surface area contributed by atoms with E-state index in [2.05, 4.69) is 25.0 Å². The molecule has 0 saturated carbocycles. The van der Waals surface area contributed by atoms with E-state index in [1.807, 2.05) is 44.2 Å². The van der Waals surface area contributed by atoms with Gasteiger partial charge in [-0.25, -0.2) is 9.07 Å². The van der Waals surface area contributed by atoms with Gasteiger partial charge in [0.25, 0.3) is 0 Å². The van der Waals surface area contributed by atoms with Crippen LogP contribution < -0.4 is 5.32 Å². The van der Waals surface area contributed by atoms with Crippen LogP contribution in [0.1, 0.15) is 16.8 Å². The molecule has 136 valence electrons. The van der Waals surface area contributed by atoms with Crippen molar-refractivity contribution in [3.63, 3.8) is 0 Å². The second-order valence-electron chi connectivity index (χ2n) is 6.28. The van der Waals surface area contributed by atoms with Crippen LogP contribution in [0.25, 0.3) is 17.2 Å². The zero-order valence-corrected chi connectivity index (χ0v) is 15.9. The molecule has 4 aromatic rings. The molecule has 1 N–H and O–H groups in total. The maximum Gasteiger partial charge on any atom is 0.207 e. The number of benzene rings is 2. The SMILES string of the molecule is Cc1ccc(Nc2nc(-c3nnn(-c4ccc(C)c(F)c4)c3C)ns2)cc1. The molecule has 0 aliphatic carbocycles. The van der Waals surface area contributed by atoms with E-state index in [9.17, 15) is 4.39 Å². The van der Waals surface area contributed by atoms with Crippen molar-refractivity contribution < 1.29 is 4.39 Å². The Bertz CT molecular complexity index is 1100. The fraction of sp³-hybridized carbons (Fsp3) is 0.158. The zero-order chi connectivity index (χ0) is 19.0. The van der Waals surface area contributed by atoms with Gasteiger partial charge in [-0.3, -0.25) is 0 Å². The molecule has 6 nitrogen and oxygen atoms in total. The quantitative estimate of drug-likeness (QED) is 0.561. The third-order valence-corrected chi connectivity index (χ3v) is 4.87. The Morgan fingerprint density at radius 2 is 1.81 bits per heavy atom. The Morgan fingerprint density at radius 1 is 1.04 bits per heavy atom. The molecule has 2 heterocycles. The molecular weight excluding hydrogens is 363 g/mol. The second-order valence-corrected chi connectivity index (χ2v) is 7.03. The van der Waals surface area contributed by atoms with E-state index < -0.39 is 0 Å². The lowest BCUT2D eigenvalue weighted by molar-refractivity contribution is 0.615. The topological polar surface area (TPSA) is 68.5 Å². The van der Waals surface area contributed by atoms with E-state index in [0.29, 0.717) is 27.9 Å². The summed E-state index contributed by atoms with van der Waals surface area (Å²) in [5, 5.41) is 12.2. The zero-order valence-electron chi connectivity index (χ0n) is 15.1. The van der Waals surface area contributed by atoms with Gasteiger partial charge in [-0.1, -0.05) is 29.0 Å². The van der Waals surface area contributed by atoms with Crippen molar-refractivity contribution in [1.82, 2.24) is 24.4 Å². The van der Waals surface area contributed by atoms with E-state index in [4.69, 9.17) is 0 Å². The summed E-state index contributed by atoms with van der Waals surface area (Å²) in [5.74, 6) is 0.214. The Morgan fingerprint density at radius 3 is 2.56 bits per heavy atom. The molecule has 0 aliphatic heterocycles. The van der Waals surface area contributed by atoms with Crippen LogP contribution in [0.15, 0.2) is 42.5 Å². The molecule has 0 saturated heterocycles. The molecule has 0 radical (unpaired) electrons. The Balaban J connectivity index is 1.61. The van der Waals surface area contributed by atoms with Gasteiger partial charge >= 0.3 is 0 Å². The van der Waals surface area contributed by atoms with Crippen molar-refractivity contribution in [3.8, 4) is 17.2 Å². The van der Waals surface area contributed by atoms with Gasteiger partial charge in [0.15, 0.2) is 11.5 Å². The molecule has 2 aromatic carbocycles. The van der Waals surface area contributed by atoms with Crippen LogP contribution in [0, 0.1) is 26.6 Å². The van der Waals surface area contributed by atoms with Gasteiger partial charge in [0.1, 0.15) is 5.82 Å². The average Bonchev–Trinajstić information content (AvgIpc) is 3.26. The fourth-order valence-electron chi connectivity index (χ4n) is 2.63. The highest BCUT2D eigenvalue weighted by Gasteiger charge is 2.17. The molecule has 0 bridgehead atoms. The third kappa shape index (κ3) is 3.43. The smallest absolute Gasteiger partial charge is 0.207 e. The normalized spacial score (nSPS) is 11.0. The molecule has 0 fully saturated rings. The number of nitrogens with one attached hydrogen (secondary N) is 1. The first-order valence-electron chi connectivity index (χ1n) is 8.38. The molecule has 0 aliphatic rings. The minimum Gasteiger partial charge on any atom is -0.330 e. The lowest BCUT2D eigenvalue weighted by atomic mass is 10.2. The Kier molecular flexibility index (Phi) is 4.41. The molecule has 0 unspecified atom stereocenters. The van der Waals surface area contributed by atoms with Crippen molar-refractivity contribution in [2.24, 2.45) is 0 Å². The minimum absolute atomic E-state index is 0.277. The molecule has 8 heteroatoms. The van der Waals surface area contributed by atoms with Gasteiger partial charge in [0.05, 0.1) is 11.4 Å². The number of aryl methyl sites for hydroxylation is 2. The van der Waals surface area contributed by atoms with Crippen LogP contribution in [0.3, 0.4) is 0 Å². The number of nitrogens with zero attached hydrogens (tertiary/aromatic N) is 5. The first-order chi connectivity index (χ1) is 13.0. The molecule has 2 aromatic heterocycles. The Hall–Kier alpha value is -3.13. The van der Waals surface area contributed by atoms with E-state index in [1.165, 1.54) is 23.2 Å². The minimum atomic E-state index is -0.277. The predicted octanol–water partition coefficient (Wildman–Crippen LogP) is 4.59. The summed E-state index contributed by atoms with van der Waals surface area (Å²) in [5.41, 5.74) is 4.66. The Labute approximate surface area is 159 Å². The highest BCUT2D eigenvalue weighted by atomic mass is 32.1. The lowest BCUT2D eigenvalue weighted by Gasteiger charge is -2.04. The van der Waals surface area contributed by atoms with Crippen LogP contribution in [-0.2, 0) is 0 Å². The van der Waals surface area contributed by atoms with Gasteiger partial charge < -0.3 is 5.32 Å². The summed E-state index contributed by atoms with van der Waals surface area (Å²) < 4.78 is 19.8. The lowest BCUT2D eigenvalue weighted by Crippen LogP contribution is -2.00. The van der Waals surface area contributed by atoms with Crippen LogP contribution in [0.5, 0.6) is 0 Å². The summed E-state index contributed by atoms with van der Waals surface area (Å²) in [6, 6.07) is 13.0. The van der Waals surface area contributed by atoms with Gasteiger partial charge in [0.2, 0.25) is 5.13 Å².